The van der Waals surface area contributed by atoms with Crippen molar-refractivity contribution in [3.8, 4) is 0 Å². The van der Waals surface area contributed by atoms with Crippen LogP contribution in [-0.2, 0) is 21.3 Å². The minimum atomic E-state index is -0.884. The molecule has 0 N–H and O–H groups in total. The second-order valence-corrected chi connectivity index (χ2v) is 5.52. The summed E-state index contributed by atoms with van der Waals surface area (Å²) in [4.78, 5) is 13.7. The van der Waals surface area contributed by atoms with Crippen LogP contribution in [0.2, 0.25) is 0 Å². The monoisotopic (exact) mass is 264 g/mol. The van der Waals surface area contributed by atoms with E-state index in [2.05, 4.69) is 4.79 Å². The van der Waals surface area contributed by atoms with E-state index in [4.69, 9.17) is 5.53 Å². The highest BCUT2D eigenvalue weighted by Crippen LogP contribution is 2.05. The normalized spacial score (nSPS) is 11.6. The maximum atomic E-state index is 11.7. The number of ketones is 1. The smallest absolute Gasteiger partial charge is 0.323 e. The van der Waals surface area contributed by atoms with Crippen LogP contribution in [0.4, 0.5) is 0 Å². The first-order valence-corrected chi connectivity index (χ1v) is 7.30. The van der Waals surface area contributed by atoms with Crippen molar-refractivity contribution in [1.29, 1.82) is 0 Å². The Kier molecular flexibility index (Phi) is 6.84. The van der Waals surface area contributed by atoms with Crippen molar-refractivity contribution in [2.45, 2.75) is 25.0 Å². The van der Waals surface area contributed by atoms with Gasteiger partial charge in [-0.2, -0.15) is 4.79 Å². The van der Waals surface area contributed by atoms with Crippen LogP contribution in [0.15, 0.2) is 30.3 Å². The molecule has 1 aromatic carbocycles. The van der Waals surface area contributed by atoms with Gasteiger partial charge in [0.1, 0.15) is 0 Å². The van der Waals surface area contributed by atoms with Gasteiger partial charge in [-0.3, -0.25) is 9.00 Å². The van der Waals surface area contributed by atoms with Crippen molar-refractivity contribution >= 4 is 22.8 Å². The largest absolute Gasteiger partial charge is 0.361 e. The molecule has 0 amide bonds. The molecule has 1 rings (SSSR count). The second-order valence-electron chi connectivity index (χ2n) is 3.94. The van der Waals surface area contributed by atoms with Crippen LogP contribution < -0.4 is 0 Å². The molecule has 1 atom stereocenters. The fraction of sp³-hybridized carbons (Fsp3) is 0.385. The first-order chi connectivity index (χ1) is 8.72. The van der Waals surface area contributed by atoms with Gasteiger partial charge in [-0.25, -0.2) is 0 Å². The van der Waals surface area contributed by atoms with Crippen LogP contribution in [0.1, 0.15) is 24.8 Å². The van der Waals surface area contributed by atoms with Gasteiger partial charge in [0, 0.05) is 28.7 Å². The number of Topliss-reactive ketones (excluding diaryl/α,β-unsaturated/α-hetero) is 1. The van der Waals surface area contributed by atoms with E-state index < -0.39 is 10.8 Å². The van der Waals surface area contributed by atoms with Gasteiger partial charge in [0.15, 0.2) is 0 Å². The molecule has 96 valence electrons. The molecular formula is C13H16N2O2S. The fourth-order valence-electron chi connectivity index (χ4n) is 1.52. The maximum Gasteiger partial charge on any atom is 0.323 e. The average molecular weight is 264 g/mol. The van der Waals surface area contributed by atoms with Gasteiger partial charge in [-0.05, 0) is 18.4 Å². The molecule has 0 unspecified atom stereocenters. The third-order valence-electron chi connectivity index (χ3n) is 2.42. The summed E-state index contributed by atoms with van der Waals surface area (Å²) >= 11 is 0. The van der Waals surface area contributed by atoms with E-state index in [-0.39, 0.29) is 5.78 Å². The lowest BCUT2D eigenvalue weighted by Crippen LogP contribution is -2.04. The summed E-state index contributed by atoms with van der Waals surface area (Å²) in [5, 5.41) is 0. The Hall–Kier alpha value is -1.58. The molecule has 0 aliphatic carbocycles. The van der Waals surface area contributed by atoms with Crippen molar-refractivity contribution in [3.63, 3.8) is 0 Å². The zero-order chi connectivity index (χ0) is 13.2. The first-order valence-electron chi connectivity index (χ1n) is 5.81. The molecule has 0 saturated heterocycles. The minimum Gasteiger partial charge on any atom is -0.361 e. The third kappa shape index (κ3) is 6.23. The van der Waals surface area contributed by atoms with Crippen molar-refractivity contribution < 1.29 is 13.8 Å². The minimum absolute atomic E-state index is 0.202. The molecule has 0 aliphatic heterocycles. The molecule has 4 nitrogen and oxygen atoms in total. The highest BCUT2D eigenvalue weighted by atomic mass is 32.2. The third-order valence-corrected chi connectivity index (χ3v) is 3.82. The lowest BCUT2D eigenvalue weighted by Gasteiger charge is -2.01. The summed E-state index contributed by atoms with van der Waals surface area (Å²) in [6, 6.07) is 9.71. The standard InChI is InChI=1S/C13H16N2O2S/c14-15-10-13(16)8-4-5-9-18(17)11-12-6-2-1-3-7-12/h1-3,6-7,10H,4-5,8-9,11H2/t18-/m1/s1. The van der Waals surface area contributed by atoms with Gasteiger partial charge >= 0.3 is 6.21 Å². The summed E-state index contributed by atoms with van der Waals surface area (Å²) in [5.41, 5.74) is 9.21. The molecule has 18 heavy (non-hydrogen) atoms. The lowest BCUT2D eigenvalue weighted by atomic mass is 10.2. The van der Waals surface area contributed by atoms with Crippen LogP contribution in [0.3, 0.4) is 0 Å². The average Bonchev–Trinajstić information content (AvgIpc) is 2.36. The number of rotatable bonds is 8. The van der Waals surface area contributed by atoms with Crippen molar-refractivity contribution in [3.05, 3.63) is 41.4 Å². The Balaban J connectivity index is 2.18. The van der Waals surface area contributed by atoms with Gasteiger partial charge < -0.3 is 5.53 Å². The number of nitrogens with zero attached hydrogens (tertiary/aromatic N) is 2. The van der Waals surface area contributed by atoms with Crippen LogP contribution in [-0.4, -0.2) is 26.7 Å². The Bertz CT molecular complexity index is 453. The molecule has 0 bridgehead atoms. The van der Waals surface area contributed by atoms with Crippen LogP contribution >= 0.6 is 0 Å². The molecule has 0 heterocycles. The predicted molar refractivity (Wildman–Crippen MR) is 71.7 cm³/mol. The van der Waals surface area contributed by atoms with E-state index in [0.29, 0.717) is 24.3 Å². The van der Waals surface area contributed by atoms with Crippen LogP contribution in [0.5, 0.6) is 0 Å². The quantitative estimate of drug-likeness (QED) is 0.312. The fourth-order valence-corrected chi connectivity index (χ4v) is 2.76. The summed E-state index contributed by atoms with van der Waals surface area (Å²) in [6.45, 7) is 0. The molecule has 0 fully saturated rings. The number of carbonyl (C=O) groups excluding carboxylic acids is 1. The highest BCUT2D eigenvalue weighted by molar-refractivity contribution is 7.84. The van der Waals surface area contributed by atoms with Crippen molar-refractivity contribution in [2.24, 2.45) is 0 Å². The Morgan fingerprint density at radius 3 is 2.67 bits per heavy atom. The zero-order valence-electron chi connectivity index (χ0n) is 10.1. The highest BCUT2D eigenvalue weighted by Gasteiger charge is 2.04. The van der Waals surface area contributed by atoms with Gasteiger partial charge in [-0.1, -0.05) is 30.3 Å². The van der Waals surface area contributed by atoms with Crippen LogP contribution in [0.25, 0.3) is 5.53 Å². The summed E-state index contributed by atoms with van der Waals surface area (Å²) in [7, 11) is -0.884. The molecule has 5 heteroatoms. The van der Waals surface area contributed by atoms with E-state index in [1.807, 2.05) is 30.3 Å². The number of unbranched alkanes of at least 4 members (excludes halogenated alkanes) is 1. The molecule has 0 saturated carbocycles. The molecule has 0 aromatic heterocycles. The molecule has 0 spiro atoms. The van der Waals surface area contributed by atoms with Crippen molar-refractivity contribution in [2.75, 3.05) is 5.75 Å². The summed E-state index contributed by atoms with van der Waals surface area (Å²) in [5.74, 6) is 0.956. The maximum absolute atomic E-state index is 11.7. The van der Waals surface area contributed by atoms with Gasteiger partial charge in [0.05, 0.1) is 0 Å². The van der Waals surface area contributed by atoms with Crippen molar-refractivity contribution in [1.82, 2.24) is 0 Å². The lowest BCUT2D eigenvalue weighted by molar-refractivity contribution is -0.116. The Labute approximate surface area is 109 Å². The van der Waals surface area contributed by atoms with E-state index in [9.17, 15) is 9.00 Å². The second kappa shape index (κ2) is 8.50. The Morgan fingerprint density at radius 1 is 1.28 bits per heavy atom. The van der Waals surface area contributed by atoms with E-state index in [1.54, 1.807) is 0 Å². The summed E-state index contributed by atoms with van der Waals surface area (Å²) in [6.07, 6.45) is 2.66. The summed E-state index contributed by atoms with van der Waals surface area (Å²) < 4.78 is 11.7. The zero-order valence-corrected chi connectivity index (χ0v) is 10.9. The van der Waals surface area contributed by atoms with Gasteiger partial charge in [0.2, 0.25) is 5.78 Å². The molecule has 0 radical (unpaired) electrons. The topological polar surface area (TPSA) is 70.5 Å². The van der Waals surface area contributed by atoms with E-state index >= 15 is 0 Å². The molecule has 0 aliphatic rings. The molecular weight excluding hydrogens is 248 g/mol. The molecule has 1 aromatic rings. The van der Waals surface area contributed by atoms with Gasteiger partial charge in [0.25, 0.3) is 0 Å². The number of benzene rings is 1. The first kappa shape index (κ1) is 14.5. The van der Waals surface area contributed by atoms with Gasteiger partial charge in [-0.15, -0.1) is 0 Å². The SMILES string of the molecule is [N-]=[N+]=CC(=O)CCCC[S@@](=O)Cc1ccccc1. The Morgan fingerprint density at radius 2 is 2.00 bits per heavy atom. The predicted octanol–water partition coefficient (Wildman–Crippen LogP) is 1.98. The number of carbonyl (C=O) groups is 1. The number of hydrogen-bond donors (Lipinski definition) is 0. The van der Waals surface area contributed by atoms with E-state index in [0.717, 1.165) is 18.2 Å². The van der Waals surface area contributed by atoms with Crippen LogP contribution in [0, 0.1) is 0 Å². The number of hydrogen-bond acceptors (Lipinski definition) is 2. The van der Waals surface area contributed by atoms with E-state index in [1.165, 1.54) is 0 Å².